The molecule has 3 rings (SSSR count). The molecule has 0 N–H and O–H groups in total. The molecule has 0 fully saturated rings. The first-order valence-corrected chi connectivity index (χ1v) is 20.6. The summed E-state index contributed by atoms with van der Waals surface area (Å²) in [5.41, 5.74) is 1.20. The summed E-state index contributed by atoms with van der Waals surface area (Å²) in [5, 5.41) is 8.14. The second kappa shape index (κ2) is 27.6. The van der Waals surface area contributed by atoms with Crippen molar-refractivity contribution in [2.75, 3.05) is 30.9 Å². The van der Waals surface area contributed by atoms with E-state index in [4.69, 9.17) is 28.0 Å². The lowest BCUT2D eigenvalue weighted by atomic mass is 10.00. The van der Waals surface area contributed by atoms with Crippen LogP contribution >= 0.6 is 22.6 Å². The summed E-state index contributed by atoms with van der Waals surface area (Å²) in [7, 11) is 0. The van der Waals surface area contributed by atoms with Gasteiger partial charge in [0.15, 0.2) is 6.10 Å². The van der Waals surface area contributed by atoms with E-state index in [2.05, 4.69) is 64.1 Å². The van der Waals surface area contributed by atoms with E-state index >= 15 is 0 Å². The van der Waals surface area contributed by atoms with Crippen LogP contribution < -0.4 is 9.47 Å². The van der Waals surface area contributed by atoms with Gasteiger partial charge in [0.05, 0.1) is 13.2 Å². The van der Waals surface area contributed by atoms with E-state index in [0.29, 0.717) is 43.3 Å². The molecular weight excluding hydrogens is 731 g/mol. The molecule has 0 aliphatic carbocycles. The third-order valence-corrected chi connectivity index (χ3v) is 9.57. The molecule has 3 aromatic rings. The van der Waals surface area contributed by atoms with Crippen molar-refractivity contribution in [2.45, 2.75) is 142 Å². The Bertz CT molecular complexity index is 1170. The van der Waals surface area contributed by atoms with Crippen molar-refractivity contribution in [1.82, 2.24) is 10.3 Å². The lowest BCUT2D eigenvalue weighted by Gasteiger charge is -2.20. The Hall–Kier alpha value is -2.11. The molecule has 0 aliphatic rings. The summed E-state index contributed by atoms with van der Waals surface area (Å²) >= 11 is 2.45. The van der Waals surface area contributed by atoms with Gasteiger partial charge in [-0.3, -0.25) is 0 Å². The predicted molar refractivity (Wildman–Crippen MR) is 205 cm³/mol. The van der Waals surface area contributed by atoms with Gasteiger partial charge in [0, 0.05) is 31.8 Å². The lowest BCUT2D eigenvalue weighted by molar-refractivity contribution is 0.00901. The molecule has 0 radical (unpaired) electrons. The molecule has 276 valence electrons. The summed E-state index contributed by atoms with van der Waals surface area (Å²) in [6.07, 6.45) is 22.4. The van der Waals surface area contributed by atoms with E-state index in [1.807, 2.05) is 19.1 Å². The number of rotatable bonds is 32. The molecule has 0 aliphatic heterocycles. The number of aryl methyl sites for hydroxylation is 2. The summed E-state index contributed by atoms with van der Waals surface area (Å²) < 4.78 is 36.3. The zero-order valence-electron chi connectivity index (χ0n) is 30.4. The maximum absolute atomic E-state index is 6.14. The van der Waals surface area contributed by atoms with Crippen molar-refractivity contribution in [3.63, 3.8) is 0 Å². The van der Waals surface area contributed by atoms with Gasteiger partial charge < -0.3 is 28.0 Å². The second-order valence-corrected chi connectivity index (χ2v) is 14.4. The SMILES string of the molecule is CCCCCCCCCCCCCCCc1cc(OCC(COCCC(CCCCI)COCc2ccccc2)Oc2cc(C)on2)no1. The number of hydrogen-bond donors (Lipinski definition) is 0. The minimum Gasteiger partial charge on any atom is -0.471 e. The quantitative estimate of drug-likeness (QED) is 0.0351. The van der Waals surface area contributed by atoms with E-state index in [1.165, 1.54) is 99.9 Å². The van der Waals surface area contributed by atoms with Crippen molar-refractivity contribution in [3.05, 3.63) is 59.5 Å². The number of aromatic nitrogens is 2. The first-order chi connectivity index (χ1) is 24.2. The summed E-state index contributed by atoms with van der Waals surface area (Å²) in [6, 6.07) is 14.0. The lowest BCUT2D eigenvalue weighted by Crippen LogP contribution is -2.30. The average molecular weight is 795 g/mol. The van der Waals surface area contributed by atoms with E-state index in [0.717, 1.165) is 38.1 Å². The van der Waals surface area contributed by atoms with Crippen LogP contribution in [0.4, 0.5) is 0 Å². The molecule has 0 saturated carbocycles. The van der Waals surface area contributed by atoms with Gasteiger partial charge in [-0.05, 0) is 58.8 Å². The van der Waals surface area contributed by atoms with Gasteiger partial charge in [-0.2, -0.15) is 0 Å². The number of ether oxygens (including phenoxy) is 4. The Balaban J connectivity index is 1.33. The van der Waals surface area contributed by atoms with Gasteiger partial charge in [-0.1, -0.05) is 143 Å². The summed E-state index contributed by atoms with van der Waals surface area (Å²) in [5.74, 6) is 2.89. The van der Waals surface area contributed by atoms with Gasteiger partial charge in [-0.25, -0.2) is 0 Å². The first-order valence-electron chi connectivity index (χ1n) is 19.1. The molecule has 9 heteroatoms. The fourth-order valence-corrected chi connectivity index (χ4v) is 6.42. The van der Waals surface area contributed by atoms with Crippen LogP contribution in [-0.4, -0.2) is 47.3 Å². The zero-order chi connectivity index (χ0) is 34.6. The highest BCUT2D eigenvalue weighted by Gasteiger charge is 2.17. The van der Waals surface area contributed by atoms with Crippen molar-refractivity contribution in [2.24, 2.45) is 5.92 Å². The van der Waals surface area contributed by atoms with Gasteiger partial charge in [0.2, 0.25) is 0 Å². The molecule has 2 atom stereocenters. The van der Waals surface area contributed by atoms with Crippen LogP contribution in [-0.2, 0) is 22.5 Å². The zero-order valence-corrected chi connectivity index (χ0v) is 32.5. The number of benzene rings is 1. The van der Waals surface area contributed by atoms with Gasteiger partial charge in [0.1, 0.15) is 18.1 Å². The minimum atomic E-state index is -0.377. The van der Waals surface area contributed by atoms with E-state index in [1.54, 1.807) is 6.07 Å². The van der Waals surface area contributed by atoms with Crippen molar-refractivity contribution < 1.29 is 28.0 Å². The predicted octanol–water partition coefficient (Wildman–Crippen LogP) is 11.3. The first kappa shape index (κ1) is 41.3. The number of nitrogens with zero attached hydrogens (tertiary/aromatic N) is 2. The van der Waals surface area contributed by atoms with Crippen LogP contribution in [0.5, 0.6) is 11.8 Å². The topological polar surface area (TPSA) is 89.0 Å². The molecule has 2 heterocycles. The van der Waals surface area contributed by atoms with E-state index < -0.39 is 0 Å². The molecule has 0 amide bonds. The third kappa shape index (κ3) is 20.4. The van der Waals surface area contributed by atoms with E-state index in [9.17, 15) is 0 Å². The molecule has 1 aromatic carbocycles. The van der Waals surface area contributed by atoms with Crippen LogP contribution in [0, 0.1) is 12.8 Å². The van der Waals surface area contributed by atoms with Crippen molar-refractivity contribution >= 4 is 22.6 Å². The van der Waals surface area contributed by atoms with Crippen molar-refractivity contribution in [1.29, 1.82) is 0 Å². The Morgan fingerprint density at radius 1 is 0.694 bits per heavy atom. The molecule has 0 saturated heterocycles. The molecular formula is C40H63IN2O6. The Morgan fingerprint density at radius 3 is 2.06 bits per heavy atom. The highest BCUT2D eigenvalue weighted by molar-refractivity contribution is 14.1. The second-order valence-electron chi connectivity index (χ2n) is 13.4. The maximum atomic E-state index is 6.14. The third-order valence-electron chi connectivity index (χ3n) is 8.81. The van der Waals surface area contributed by atoms with Gasteiger partial charge >= 0.3 is 0 Å². The van der Waals surface area contributed by atoms with Crippen LogP contribution in [0.2, 0.25) is 0 Å². The van der Waals surface area contributed by atoms with Crippen LogP contribution in [0.3, 0.4) is 0 Å². The molecule has 0 spiro atoms. The molecule has 2 unspecified atom stereocenters. The number of unbranched alkanes of at least 4 members (excludes halogenated alkanes) is 13. The Kier molecular flexibility index (Phi) is 23.3. The van der Waals surface area contributed by atoms with Crippen LogP contribution in [0.1, 0.15) is 133 Å². The van der Waals surface area contributed by atoms with Crippen molar-refractivity contribution in [3.8, 4) is 11.8 Å². The Labute approximate surface area is 309 Å². The standard InChI is InChI=1S/C40H63IN2O6/c1-3-4-5-6-7-8-9-10-11-12-13-14-18-24-37-29-39(42-49-37)46-33-38(47-40-28-34(2)48-43-40)32-44-27-25-36(23-19-20-26-41)31-45-30-35-21-16-15-17-22-35/h15-17,21-22,28-29,36,38H,3-14,18-20,23-27,30-33H2,1-2H3. The summed E-state index contributed by atoms with van der Waals surface area (Å²) in [4.78, 5) is 0. The normalized spacial score (nSPS) is 12.7. The molecule has 49 heavy (non-hydrogen) atoms. The molecule has 8 nitrogen and oxygen atoms in total. The highest BCUT2D eigenvalue weighted by atomic mass is 127. The van der Waals surface area contributed by atoms with Crippen LogP contribution in [0.25, 0.3) is 0 Å². The monoisotopic (exact) mass is 794 g/mol. The van der Waals surface area contributed by atoms with Crippen LogP contribution in [0.15, 0.2) is 51.5 Å². The summed E-state index contributed by atoms with van der Waals surface area (Å²) in [6.45, 7) is 6.73. The molecule has 0 bridgehead atoms. The smallest absolute Gasteiger partial charge is 0.254 e. The van der Waals surface area contributed by atoms with E-state index in [-0.39, 0.29) is 12.7 Å². The largest absolute Gasteiger partial charge is 0.471 e. The Morgan fingerprint density at radius 2 is 1.39 bits per heavy atom. The minimum absolute atomic E-state index is 0.260. The fourth-order valence-electron chi connectivity index (χ4n) is 5.88. The maximum Gasteiger partial charge on any atom is 0.254 e. The fraction of sp³-hybridized carbons (Fsp3) is 0.700. The molecule has 2 aromatic heterocycles. The number of hydrogen-bond acceptors (Lipinski definition) is 8. The number of halogens is 1. The highest BCUT2D eigenvalue weighted by Crippen LogP contribution is 2.19. The number of alkyl halides is 1. The average Bonchev–Trinajstić information content (AvgIpc) is 3.75. The van der Waals surface area contributed by atoms with Gasteiger partial charge in [0.25, 0.3) is 11.8 Å². The van der Waals surface area contributed by atoms with Gasteiger partial charge in [-0.15, -0.1) is 0 Å².